The van der Waals surface area contributed by atoms with Crippen LogP contribution in [-0.2, 0) is 11.3 Å². The highest BCUT2D eigenvalue weighted by Crippen LogP contribution is 2.29. The van der Waals surface area contributed by atoms with Gasteiger partial charge in [0, 0.05) is 12.1 Å². The van der Waals surface area contributed by atoms with Gasteiger partial charge in [-0.05, 0) is 53.4 Å². The van der Waals surface area contributed by atoms with Crippen molar-refractivity contribution in [3.8, 4) is 11.5 Å². The fourth-order valence-corrected chi connectivity index (χ4v) is 3.38. The van der Waals surface area contributed by atoms with E-state index in [1.54, 1.807) is 7.05 Å². The maximum absolute atomic E-state index is 6.15. The molecule has 4 heteroatoms. The van der Waals surface area contributed by atoms with E-state index in [9.17, 15) is 0 Å². The van der Waals surface area contributed by atoms with Gasteiger partial charge in [0.05, 0.1) is 5.92 Å². The molecule has 3 rings (SSSR count). The average molecular weight is 408 g/mol. The van der Waals surface area contributed by atoms with E-state index in [4.69, 9.17) is 21.1 Å². The first-order valence-electron chi connectivity index (χ1n) is 9.73. The summed E-state index contributed by atoms with van der Waals surface area (Å²) in [6.07, 6.45) is 0. The molecule has 0 saturated heterocycles. The summed E-state index contributed by atoms with van der Waals surface area (Å²) in [6.45, 7) is 4.76. The Labute approximate surface area is 178 Å². The lowest BCUT2D eigenvalue weighted by atomic mass is 9.88. The molecule has 150 valence electrons. The third kappa shape index (κ3) is 5.85. The highest BCUT2D eigenvalue weighted by Gasteiger charge is 2.23. The fourth-order valence-electron chi connectivity index (χ4n) is 3.26. The Hall–Kier alpha value is -2.78. The van der Waals surface area contributed by atoms with Gasteiger partial charge in [0.15, 0.2) is 5.90 Å². The summed E-state index contributed by atoms with van der Waals surface area (Å²) < 4.78 is 12.1. The molecule has 3 aromatic rings. The number of ether oxygens (including phenoxy) is 2. The van der Waals surface area contributed by atoms with Gasteiger partial charge >= 0.3 is 0 Å². The quantitative estimate of drug-likeness (QED) is 0.308. The van der Waals surface area contributed by atoms with Gasteiger partial charge in [-0.1, -0.05) is 67.9 Å². The molecule has 0 spiro atoms. The van der Waals surface area contributed by atoms with Crippen molar-refractivity contribution >= 4 is 17.5 Å². The third-order valence-electron chi connectivity index (χ3n) is 4.65. The van der Waals surface area contributed by atoms with Gasteiger partial charge in [0.2, 0.25) is 0 Å². The van der Waals surface area contributed by atoms with Crippen LogP contribution in [0.5, 0.6) is 11.5 Å². The number of aliphatic imine (C=N–C) groups is 1. The standard InChI is InChI=1S/C25H26ClNO2/c1-18(2)24(20-12-14-21(26)15-13-20)25(27-3)28-17-19-8-7-11-23(16-19)29-22-9-5-4-6-10-22/h4-16,18,24H,17H2,1-3H3. The average Bonchev–Trinajstić information content (AvgIpc) is 2.73. The van der Waals surface area contributed by atoms with Crippen molar-refractivity contribution in [1.29, 1.82) is 0 Å². The molecule has 0 N–H and O–H groups in total. The first-order valence-corrected chi connectivity index (χ1v) is 10.1. The Bertz CT molecular complexity index is 937. The number of rotatable bonds is 7. The SMILES string of the molecule is CN=C(OCc1cccc(Oc2ccccc2)c1)C(c1ccc(Cl)cc1)C(C)C. The van der Waals surface area contributed by atoms with Gasteiger partial charge in [-0.3, -0.25) is 4.99 Å². The fraction of sp³-hybridized carbons (Fsp3) is 0.240. The minimum atomic E-state index is 0.0704. The van der Waals surface area contributed by atoms with Crippen molar-refractivity contribution < 1.29 is 9.47 Å². The van der Waals surface area contributed by atoms with Crippen LogP contribution in [0.15, 0.2) is 83.9 Å². The molecule has 0 radical (unpaired) electrons. The number of benzene rings is 3. The molecule has 0 saturated carbocycles. The molecule has 1 atom stereocenters. The Morgan fingerprint density at radius 3 is 2.24 bits per heavy atom. The van der Waals surface area contributed by atoms with E-state index in [0.717, 1.165) is 33.5 Å². The van der Waals surface area contributed by atoms with Crippen LogP contribution in [-0.4, -0.2) is 12.9 Å². The smallest absolute Gasteiger partial charge is 0.191 e. The van der Waals surface area contributed by atoms with Crippen molar-refractivity contribution in [3.63, 3.8) is 0 Å². The van der Waals surface area contributed by atoms with Crippen molar-refractivity contribution in [2.75, 3.05) is 7.05 Å². The van der Waals surface area contributed by atoms with Crippen LogP contribution < -0.4 is 4.74 Å². The van der Waals surface area contributed by atoms with E-state index >= 15 is 0 Å². The highest BCUT2D eigenvalue weighted by atomic mass is 35.5. The first-order chi connectivity index (χ1) is 14.1. The molecule has 3 aromatic carbocycles. The van der Waals surface area contributed by atoms with Crippen LogP contribution in [0.3, 0.4) is 0 Å². The molecule has 0 aliphatic heterocycles. The predicted octanol–water partition coefficient (Wildman–Crippen LogP) is 7.12. The second-order valence-corrected chi connectivity index (χ2v) is 7.62. The normalized spacial score (nSPS) is 12.7. The van der Waals surface area contributed by atoms with Crippen molar-refractivity contribution in [2.24, 2.45) is 10.9 Å². The number of nitrogens with zero attached hydrogens (tertiary/aromatic N) is 1. The first kappa shape index (κ1) is 20.9. The summed E-state index contributed by atoms with van der Waals surface area (Å²) in [5.74, 6) is 2.72. The molecule has 1 unspecified atom stereocenters. The number of hydrogen-bond acceptors (Lipinski definition) is 3. The van der Waals surface area contributed by atoms with E-state index in [1.165, 1.54) is 0 Å². The maximum atomic E-state index is 6.15. The predicted molar refractivity (Wildman–Crippen MR) is 120 cm³/mol. The Morgan fingerprint density at radius 2 is 1.59 bits per heavy atom. The number of halogens is 1. The van der Waals surface area contributed by atoms with Gasteiger partial charge in [0.25, 0.3) is 0 Å². The zero-order valence-corrected chi connectivity index (χ0v) is 17.8. The lowest BCUT2D eigenvalue weighted by Crippen LogP contribution is -2.21. The summed E-state index contributed by atoms with van der Waals surface area (Å²) in [6, 6.07) is 25.6. The molecule has 0 heterocycles. The summed E-state index contributed by atoms with van der Waals surface area (Å²) in [4.78, 5) is 4.44. The van der Waals surface area contributed by atoms with Crippen LogP contribution >= 0.6 is 11.6 Å². The van der Waals surface area contributed by atoms with E-state index in [2.05, 4.69) is 18.8 Å². The minimum Gasteiger partial charge on any atom is -0.476 e. The maximum Gasteiger partial charge on any atom is 0.191 e. The molecular formula is C25H26ClNO2. The summed E-state index contributed by atoms with van der Waals surface area (Å²) in [5.41, 5.74) is 2.17. The molecule has 0 aliphatic rings. The summed E-state index contributed by atoms with van der Waals surface area (Å²) in [5, 5.41) is 0.724. The third-order valence-corrected chi connectivity index (χ3v) is 4.90. The second-order valence-electron chi connectivity index (χ2n) is 7.19. The van der Waals surface area contributed by atoms with Crippen LogP contribution in [0.4, 0.5) is 0 Å². The van der Waals surface area contributed by atoms with Gasteiger partial charge in [0.1, 0.15) is 18.1 Å². The van der Waals surface area contributed by atoms with Crippen molar-refractivity contribution in [1.82, 2.24) is 0 Å². The number of hydrogen-bond donors (Lipinski definition) is 0. The van der Waals surface area contributed by atoms with Crippen LogP contribution in [0, 0.1) is 5.92 Å². The summed E-state index contributed by atoms with van der Waals surface area (Å²) >= 11 is 6.05. The number of para-hydroxylation sites is 1. The van der Waals surface area contributed by atoms with Gasteiger partial charge < -0.3 is 9.47 Å². The lowest BCUT2D eigenvalue weighted by molar-refractivity contribution is 0.269. The highest BCUT2D eigenvalue weighted by molar-refractivity contribution is 6.30. The molecule has 0 aliphatic carbocycles. The largest absolute Gasteiger partial charge is 0.476 e. The van der Waals surface area contributed by atoms with Crippen molar-refractivity contribution in [3.05, 3.63) is 95.0 Å². The molecule has 0 aromatic heterocycles. The zero-order valence-electron chi connectivity index (χ0n) is 17.0. The van der Waals surface area contributed by atoms with Crippen molar-refractivity contribution in [2.45, 2.75) is 26.4 Å². The second kappa shape index (κ2) is 10.1. The molecule has 0 fully saturated rings. The van der Waals surface area contributed by atoms with Crippen LogP contribution in [0.1, 0.15) is 30.9 Å². The van der Waals surface area contributed by atoms with E-state index in [0.29, 0.717) is 12.5 Å². The van der Waals surface area contributed by atoms with Gasteiger partial charge in [-0.2, -0.15) is 0 Å². The van der Waals surface area contributed by atoms with Crippen LogP contribution in [0.25, 0.3) is 0 Å². The zero-order chi connectivity index (χ0) is 20.6. The van der Waals surface area contributed by atoms with Crippen LogP contribution in [0.2, 0.25) is 5.02 Å². The lowest BCUT2D eigenvalue weighted by Gasteiger charge is -2.23. The molecule has 0 bridgehead atoms. The topological polar surface area (TPSA) is 30.8 Å². The molecule has 29 heavy (non-hydrogen) atoms. The monoisotopic (exact) mass is 407 g/mol. The minimum absolute atomic E-state index is 0.0704. The molecule has 0 amide bonds. The summed E-state index contributed by atoms with van der Waals surface area (Å²) in [7, 11) is 1.77. The van der Waals surface area contributed by atoms with E-state index in [-0.39, 0.29) is 5.92 Å². The van der Waals surface area contributed by atoms with Gasteiger partial charge in [-0.15, -0.1) is 0 Å². The van der Waals surface area contributed by atoms with E-state index in [1.807, 2.05) is 78.9 Å². The molecular weight excluding hydrogens is 382 g/mol. The van der Waals surface area contributed by atoms with Gasteiger partial charge in [-0.25, -0.2) is 0 Å². The molecule has 3 nitrogen and oxygen atoms in total. The Morgan fingerprint density at radius 1 is 0.897 bits per heavy atom. The Kier molecular flexibility index (Phi) is 7.31. The van der Waals surface area contributed by atoms with E-state index < -0.39 is 0 Å². The Balaban J connectivity index is 1.71.